The number of amides is 5. The maximum atomic E-state index is 14.2. The quantitative estimate of drug-likeness (QED) is 0.144. The highest BCUT2D eigenvalue weighted by Gasteiger charge is 2.44. The number of rotatable bonds is 16. The molecule has 5 atom stereocenters. The van der Waals surface area contributed by atoms with E-state index in [9.17, 15) is 32.4 Å². The number of carbonyl (C=O) groups is 5. The molecule has 14 heteroatoms. The van der Waals surface area contributed by atoms with Gasteiger partial charge in [-0.3, -0.25) is 19.2 Å². The Morgan fingerprint density at radius 1 is 1.04 bits per heavy atom. The second kappa shape index (κ2) is 17.4. The van der Waals surface area contributed by atoms with Crippen LogP contribution in [0.25, 0.3) is 0 Å². The number of urea groups is 1. The Balaban J connectivity index is 2.27. The first-order chi connectivity index (χ1) is 21.1. The summed E-state index contributed by atoms with van der Waals surface area (Å²) in [5.41, 5.74) is 0.542. The zero-order chi connectivity index (χ0) is 33.9. The Labute approximate surface area is 268 Å². The van der Waals surface area contributed by atoms with Crippen LogP contribution in [0.1, 0.15) is 72.1 Å². The maximum absolute atomic E-state index is 14.2. The molecule has 0 bridgehead atoms. The molecule has 5 amide bonds. The number of sulfonamides is 1. The number of nitrogens with one attached hydrogen (secondary N) is 4. The molecule has 2 rings (SSSR count). The number of hydrogen-bond acceptors (Lipinski definition) is 7. The molecule has 1 heterocycles. The van der Waals surface area contributed by atoms with Crippen molar-refractivity contribution in [3.8, 4) is 0 Å². The second-order valence-corrected chi connectivity index (χ2v) is 14.6. The van der Waals surface area contributed by atoms with Gasteiger partial charge in [0.05, 0.1) is 18.3 Å². The van der Waals surface area contributed by atoms with Crippen LogP contribution in [0, 0.1) is 11.8 Å². The van der Waals surface area contributed by atoms with Crippen molar-refractivity contribution in [3.05, 3.63) is 24.8 Å². The number of likely N-dealkylation sites (tertiary alicyclic amines) is 1. The van der Waals surface area contributed by atoms with Crippen LogP contribution in [-0.4, -0.2) is 104 Å². The molecule has 4 N–H and O–H groups in total. The minimum atomic E-state index is -3.50. The van der Waals surface area contributed by atoms with Gasteiger partial charge in [0.2, 0.25) is 27.6 Å². The molecule has 1 aliphatic carbocycles. The zero-order valence-corrected chi connectivity index (χ0v) is 28.2. The molecule has 2 aliphatic rings. The van der Waals surface area contributed by atoms with Crippen LogP contribution < -0.4 is 21.3 Å². The molecular formula is C31H52N6O7S. The van der Waals surface area contributed by atoms with E-state index >= 15 is 0 Å². The summed E-state index contributed by atoms with van der Waals surface area (Å²) in [4.78, 5) is 67.7. The summed E-state index contributed by atoms with van der Waals surface area (Å²) in [6, 6.07) is -4.17. The normalized spacial score (nSPS) is 20.9. The first kappa shape index (κ1) is 37.9. The lowest BCUT2D eigenvalue weighted by Gasteiger charge is -2.35. The molecule has 254 valence electrons. The lowest BCUT2D eigenvalue weighted by atomic mass is 9.83. The molecule has 13 nitrogen and oxygen atoms in total. The van der Waals surface area contributed by atoms with E-state index < -0.39 is 57.8 Å². The van der Waals surface area contributed by atoms with Gasteiger partial charge in [0.25, 0.3) is 5.91 Å². The van der Waals surface area contributed by atoms with Crippen molar-refractivity contribution in [2.24, 2.45) is 11.8 Å². The van der Waals surface area contributed by atoms with Gasteiger partial charge < -0.3 is 26.2 Å². The van der Waals surface area contributed by atoms with E-state index in [4.69, 9.17) is 0 Å². The van der Waals surface area contributed by atoms with Crippen molar-refractivity contribution in [1.82, 2.24) is 30.5 Å². The molecular weight excluding hydrogens is 600 g/mol. The van der Waals surface area contributed by atoms with Gasteiger partial charge in [-0.25, -0.2) is 17.5 Å². The Morgan fingerprint density at radius 3 is 2.24 bits per heavy atom. The molecule has 0 spiro atoms. The van der Waals surface area contributed by atoms with Crippen LogP contribution in [0.15, 0.2) is 24.8 Å². The summed E-state index contributed by atoms with van der Waals surface area (Å²) < 4.78 is 25.0. The molecule has 1 unspecified atom stereocenters. The van der Waals surface area contributed by atoms with Crippen LogP contribution in [0.3, 0.4) is 0 Å². The van der Waals surface area contributed by atoms with Gasteiger partial charge >= 0.3 is 6.03 Å². The van der Waals surface area contributed by atoms with E-state index in [0.717, 1.165) is 42.7 Å². The van der Waals surface area contributed by atoms with E-state index in [2.05, 4.69) is 34.4 Å². The van der Waals surface area contributed by atoms with Gasteiger partial charge in [-0.2, -0.15) is 0 Å². The molecule has 1 aliphatic heterocycles. The van der Waals surface area contributed by atoms with Crippen LogP contribution in [0.5, 0.6) is 0 Å². The van der Waals surface area contributed by atoms with Crippen molar-refractivity contribution < 1.29 is 32.4 Å². The lowest BCUT2D eigenvalue weighted by molar-refractivity contribution is -0.143. The topological polar surface area (TPSA) is 174 Å². The van der Waals surface area contributed by atoms with Crippen molar-refractivity contribution in [2.45, 2.75) is 96.3 Å². The average molecular weight is 653 g/mol. The number of hydrogen-bond donors (Lipinski definition) is 4. The third-order valence-electron chi connectivity index (χ3n) is 8.52. The average Bonchev–Trinajstić information content (AvgIpc) is 3.38. The fourth-order valence-electron chi connectivity index (χ4n) is 5.86. The Hall–Kier alpha value is -3.26. The van der Waals surface area contributed by atoms with Crippen LogP contribution in [-0.2, 0) is 29.2 Å². The predicted octanol–water partition coefficient (Wildman–Crippen LogP) is 1.46. The monoisotopic (exact) mass is 652 g/mol. The van der Waals surface area contributed by atoms with Crippen LogP contribution in [0.4, 0.5) is 4.79 Å². The molecule has 45 heavy (non-hydrogen) atoms. The van der Waals surface area contributed by atoms with Crippen molar-refractivity contribution in [2.75, 3.05) is 32.9 Å². The summed E-state index contributed by atoms with van der Waals surface area (Å²) >= 11 is 0. The standard InChI is InChI=1S/C31H52N6O7S/c1-8-13-23(27(38)29(40)32-16-9-2)33-28(39)25-17-21(5)18-37(25)30(41)26(22-14-11-10-12-15-22)35-31(42)34-24(20(3)4)19-36(6)45(7,43)44/h9,21-26H,2-3,8,10-19H2,1,4-7H3,(H,32,40)(H,33,39)(H2,34,35,42)/t21-,23?,24-,25+,26+/m1/s1. The minimum absolute atomic E-state index is 0.0129. The number of Topliss-reactive ketones (excluding diaryl/α,β-unsaturated/α-hetero) is 1. The summed E-state index contributed by atoms with van der Waals surface area (Å²) in [5.74, 6) is -2.65. The lowest BCUT2D eigenvalue weighted by Crippen LogP contribution is -2.59. The Morgan fingerprint density at radius 2 is 1.69 bits per heavy atom. The molecule has 0 aromatic carbocycles. The van der Waals surface area contributed by atoms with Gasteiger partial charge in [0.15, 0.2) is 0 Å². The number of likely N-dealkylation sites (N-methyl/N-ethyl adjacent to an activating group) is 1. The molecule has 1 saturated carbocycles. The highest BCUT2D eigenvalue weighted by Crippen LogP contribution is 2.30. The zero-order valence-electron chi connectivity index (χ0n) is 27.4. The molecule has 0 aromatic rings. The van der Waals surface area contributed by atoms with Crippen molar-refractivity contribution in [3.63, 3.8) is 0 Å². The van der Waals surface area contributed by atoms with Crippen LogP contribution in [0.2, 0.25) is 0 Å². The number of carbonyl (C=O) groups excluding carboxylic acids is 5. The van der Waals surface area contributed by atoms with Gasteiger partial charge in [0, 0.05) is 26.7 Å². The second-order valence-electron chi connectivity index (χ2n) is 12.5. The summed E-state index contributed by atoms with van der Waals surface area (Å²) in [5, 5.41) is 10.8. The van der Waals surface area contributed by atoms with Gasteiger partial charge in [-0.1, -0.05) is 57.8 Å². The Kier molecular flexibility index (Phi) is 14.7. The first-order valence-electron chi connectivity index (χ1n) is 15.8. The van der Waals surface area contributed by atoms with E-state index in [-0.39, 0.29) is 37.3 Å². The maximum Gasteiger partial charge on any atom is 0.315 e. The Bertz CT molecular complexity index is 1220. The van der Waals surface area contributed by atoms with Crippen LogP contribution >= 0.6 is 0 Å². The van der Waals surface area contributed by atoms with Crippen molar-refractivity contribution in [1.29, 1.82) is 0 Å². The third kappa shape index (κ3) is 11.2. The highest BCUT2D eigenvalue weighted by molar-refractivity contribution is 7.88. The molecule has 0 radical (unpaired) electrons. The molecule has 1 saturated heterocycles. The molecule has 0 aromatic heterocycles. The predicted molar refractivity (Wildman–Crippen MR) is 172 cm³/mol. The van der Waals surface area contributed by atoms with Gasteiger partial charge in [0.1, 0.15) is 12.1 Å². The summed E-state index contributed by atoms with van der Waals surface area (Å²) in [6.07, 6.45) is 7.98. The van der Waals surface area contributed by atoms with Crippen molar-refractivity contribution >= 4 is 39.6 Å². The number of nitrogens with zero attached hydrogens (tertiary/aromatic N) is 2. The third-order valence-corrected chi connectivity index (χ3v) is 9.80. The van der Waals surface area contributed by atoms with Gasteiger partial charge in [-0.15, -0.1) is 6.58 Å². The smallest absolute Gasteiger partial charge is 0.315 e. The summed E-state index contributed by atoms with van der Waals surface area (Å²) in [7, 11) is -2.10. The fraction of sp³-hybridized carbons (Fsp3) is 0.710. The SMILES string of the molecule is C=CCNC(=O)C(=O)C(CCC)NC(=O)[C@@H]1C[C@@H](C)CN1C(=O)[C@@H](NC(=O)N[C@H](CN(C)S(C)(=O)=O)C(=C)C)C1CCCCC1. The molecule has 2 fully saturated rings. The highest BCUT2D eigenvalue weighted by atomic mass is 32.2. The first-order valence-corrected chi connectivity index (χ1v) is 17.6. The number of ketones is 1. The summed E-state index contributed by atoms with van der Waals surface area (Å²) in [6.45, 7) is 13.2. The fourth-order valence-corrected chi connectivity index (χ4v) is 6.28. The van der Waals surface area contributed by atoms with E-state index in [1.807, 2.05) is 13.8 Å². The van der Waals surface area contributed by atoms with E-state index in [0.29, 0.717) is 25.0 Å². The minimum Gasteiger partial charge on any atom is -0.346 e. The largest absolute Gasteiger partial charge is 0.346 e. The van der Waals surface area contributed by atoms with E-state index in [1.54, 1.807) is 6.92 Å². The van der Waals surface area contributed by atoms with E-state index in [1.165, 1.54) is 18.0 Å². The van der Waals surface area contributed by atoms with Gasteiger partial charge in [-0.05, 0) is 44.4 Å².